The summed E-state index contributed by atoms with van der Waals surface area (Å²) < 4.78 is 0. The summed E-state index contributed by atoms with van der Waals surface area (Å²) in [5.74, 6) is 0. The molecule has 2 aliphatic carbocycles. The highest BCUT2D eigenvalue weighted by Gasteiger charge is 2.24. The van der Waals surface area contributed by atoms with Gasteiger partial charge in [0.15, 0.2) is 0 Å². The molecule has 2 aliphatic rings. The van der Waals surface area contributed by atoms with Crippen LogP contribution in [-0.4, -0.2) is 9.97 Å². The number of aromatic nitrogens is 2. The Morgan fingerprint density at radius 3 is 1.04 bits per heavy atom. The summed E-state index contributed by atoms with van der Waals surface area (Å²) in [7, 11) is 0. The van der Waals surface area contributed by atoms with Crippen molar-refractivity contribution in [3.05, 3.63) is 158 Å². The Kier molecular flexibility index (Phi) is 5.00. The fraction of sp³-hybridized carbons (Fsp3) is 0. The number of hydrogen-bond acceptors (Lipinski definition) is 2. The molecule has 0 N–H and O–H groups in total. The molecule has 0 saturated carbocycles. The predicted octanol–water partition coefficient (Wildman–Crippen LogP) is 12.9. The fourth-order valence-corrected chi connectivity index (χ4v) is 8.94. The van der Waals surface area contributed by atoms with Crippen molar-refractivity contribution in [3.8, 4) is 67.0 Å². The van der Waals surface area contributed by atoms with Gasteiger partial charge in [-0.1, -0.05) is 146 Å². The van der Waals surface area contributed by atoms with Gasteiger partial charge in [-0.3, -0.25) is 0 Å². The highest BCUT2D eigenvalue weighted by molar-refractivity contribution is 6.21. The molecule has 0 fully saturated rings. The van der Waals surface area contributed by atoms with Crippen LogP contribution >= 0.6 is 0 Å². The number of nitrogens with zero attached hydrogens (tertiary/aromatic N) is 2. The topological polar surface area (TPSA) is 25.8 Å². The molecule has 0 unspecified atom stereocenters. The van der Waals surface area contributed by atoms with Crippen molar-refractivity contribution in [3.63, 3.8) is 0 Å². The summed E-state index contributed by atoms with van der Waals surface area (Å²) in [5.41, 5.74) is 16.8. The minimum atomic E-state index is 0.986. The van der Waals surface area contributed by atoms with Gasteiger partial charge in [0.25, 0.3) is 0 Å². The molecule has 0 aliphatic heterocycles. The van der Waals surface area contributed by atoms with Crippen LogP contribution in [0, 0.1) is 0 Å². The van der Waals surface area contributed by atoms with E-state index in [2.05, 4.69) is 158 Å². The van der Waals surface area contributed by atoms with Crippen molar-refractivity contribution < 1.29 is 0 Å². The molecule has 228 valence electrons. The van der Waals surface area contributed by atoms with E-state index in [1.807, 2.05) is 0 Å². The smallest absolute Gasteiger partial charge is 0.0788 e. The van der Waals surface area contributed by atoms with Crippen molar-refractivity contribution >= 4 is 54.1 Å². The molecule has 0 bridgehead atoms. The molecule has 50 heavy (non-hydrogen) atoms. The van der Waals surface area contributed by atoms with Gasteiger partial charge >= 0.3 is 0 Å². The van der Waals surface area contributed by atoms with E-state index in [1.54, 1.807) is 0 Å². The quantitative estimate of drug-likeness (QED) is 0.178. The number of rotatable bonds is 2. The van der Waals surface area contributed by atoms with Crippen LogP contribution in [0.4, 0.5) is 0 Å². The van der Waals surface area contributed by atoms with Crippen LogP contribution in [-0.2, 0) is 0 Å². The Bertz CT molecular complexity index is 2880. The Balaban J connectivity index is 1.04. The van der Waals surface area contributed by atoms with Gasteiger partial charge in [0.05, 0.1) is 22.4 Å². The molecule has 2 nitrogen and oxygen atoms in total. The van der Waals surface area contributed by atoms with Crippen molar-refractivity contribution in [1.29, 1.82) is 0 Å². The van der Waals surface area contributed by atoms with Gasteiger partial charge in [0.2, 0.25) is 0 Å². The van der Waals surface area contributed by atoms with Crippen molar-refractivity contribution in [2.24, 2.45) is 0 Å². The Morgan fingerprint density at radius 1 is 0.240 bits per heavy atom. The highest BCUT2D eigenvalue weighted by Crippen LogP contribution is 2.50. The second-order valence-electron chi connectivity index (χ2n) is 13.6. The van der Waals surface area contributed by atoms with Crippen molar-refractivity contribution in [1.82, 2.24) is 9.97 Å². The molecule has 0 radical (unpaired) electrons. The normalized spacial score (nSPS) is 12.4. The average Bonchev–Trinajstić information content (AvgIpc) is 3.69. The lowest BCUT2D eigenvalue weighted by Gasteiger charge is -2.13. The van der Waals surface area contributed by atoms with E-state index in [0.717, 1.165) is 55.1 Å². The Labute approximate surface area is 287 Å². The van der Waals surface area contributed by atoms with E-state index >= 15 is 0 Å². The van der Waals surface area contributed by atoms with Crippen molar-refractivity contribution in [2.75, 3.05) is 0 Å². The second-order valence-corrected chi connectivity index (χ2v) is 13.6. The summed E-state index contributed by atoms with van der Waals surface area (Å²) in [6.45, 7) is 0. The first-order valence-corrected chi connectivity index (χ1v) is 17.3. The Hall–Kier alpha value is -6.64. The summed E-state index contributed by atoms with van der Waals surface area (Å²) in [6.07, 6.45) is 0. The van der Waals surface area contributed by atoms with E-state index in [0.29, 0.717) is 0 Å². The standard InChI is InChI=1S/C48H26N2/c1-3-9-31-29(7-1)35-11-5-13-37-33(21-23-39(31)45(35)37)43-25-17-27-15-20-42-41(47(27)49-43)19-16-28-18-26-44(50-48(28)42)34-22-24-40-32-10-4-2-8-30(32)36-12-6-14-38(34)46(36)40/h1-26H. The number of fused-ring (bicyclic) bond motifs is 11. The van der Waals surface area contributed by atoms with Gasteiger partial charge in [-0.05, 0) is 78.2 Å². The molecule has 10 aromatic rings. The monoisotopic (exact) mass is 630 g/mol. The summed E-state index contributed by atoms with van der Waals surface area (Å²) in [5, 5.41) is 9.62. The van der Waals surface area contributed by atoms with Gasteiger partial charge in [0.1, 0.15) is 0 Å². The zero-order chi connectivity index (χ0) is 32.5. The predicted molar refractivity (Wildman–Crippen MR) is 209 cm³/mol. The molecule has 0 spiro atoms. The number of hydrogen-bond donors (Lipinski definition) is 0. The van der Waals surface area contributed by atoms with Crippen LogP contribution in [0.1, 0.15) is 0 Å². The lowest BCUT2D eigenvalue weighted by Crippen LogP contribution is -1.91. The van der Waals surface area contributed by atoms with Crippen molar-refractivity contribution in [2.45, 2.75) is 0 Å². The molecule has 2 heteroatoms. The molecule has 0 saturated heterocycles. The van der Waals surface area contributed by atoms with Crippen LogP contribution < -0.4 is 0 Å². The van der Waals surface area contributed by atoms with E-state index in [9.17, 15) is 0 Å². The van der Waals surface area contributed by atoms with Crippen LogP contribution in [0.25, 0.3) is 121 Å². The number of benzene rings is 8. The molecule has 2 heterocycles. The molecular weight excluding hydrogens is 605 g/mol. The van der Waals surface area contributed by atoms with Gasteiger partial charge in [-0.15, -0.1) is 0 Å². The van der Waals surface area contributed by atoms with Crippen LogP contribution in [0.15, 0.2) is 158 Å². The highest BCUT2D eigenvalue weighted by atomic mass is 14.7. The maximum absolute atomic E-state index is 5.40. The maximum Gasteiger partial charge on any atom is 0.0788 e. The van der Waals surface area contributed by atoms with E-state index < -0.39 is 0 Å². The van der Waals surface area contributed by atoms with E-state index in [4.69, 9.17) is 9.97 Å². The Morgan fingerprint density at radius 2 is 0.600 bits per heavy atom. The SMILES string of the molecule is c1ccc2c(c1)-c1cccc3c(-c4ccc5ccc6c(ccc7ccc(-c8ccc9c%10c(cccc8%10)-c8ccccc8-9)nc76)c5n4)ccc-2c13. The van der Waals surface area contributed by atoms with Crippen LogP contribution in [0.2, 0.25) is 0 Å². The van der Waals surface area contributed by atoms with E-state index in [-0.39, 0.29) is 0 Å². The zero-order valence-corrected chi connectivity index (χ0v) is 26.9. The van der Waals surface area contributed by atoms with Gasteiger partial charge < -0.3 is 0 Å². The molecule has 12 rings (SSSR count). The molecule has 2 aromatic heterocycles. The fourth-order valence-electron chi connectivity index (χ4n) is 8.94. The van der Waals surface area contributed by atoms with Crippen LogP contribution in [0.5, 0.6) is 0 Å². The molecule has 0 atom stereocenters. The molecule has 0 amide bonds. The second kappa shape index (κ2) is 9.49. The van der Waals surface area contributed by atoms with Crippen LogP contribution in [0.3, 0.4) is 0 Å². The van der Waals surface area contributed by atoms with Gasteiger partial charge in [0, 0.05) is 32.7 Å². The molecular formula is C48H26N2. The van der Waals surface area contributed by atoms with Gasteiger partial charge in [-0.25, -0.2) is 9.97 Å². The summed E-state index contributed by atoms with van der Waals surface area (Å²) in [6, 6.07) is 57.5. The average molecular weight is 631 g/mol. The third-order valence-electron chi connectivity index (χ3n) is 11.2. The minimum absolute atomic E-state index is 0.986. The zero-order valence-electron chi connectivity index (χ0n) is 26.9. The largest absolute Gasteiger partial charge is 0.247 e. The first kappa shape index (κ1) is 26.3. The minimum Gasteiger partial charge on any atom is -0.247 e. The molecule has 8 aromatic carbocycles. The van der Waals surface area contributed by atoms with Gasteiger partial charge in [-0.2, -0.15) is 0 Å². The lowest BCUT2D eigenvalue weighted by atomic mass is 9.95. The van der Waals surface area contributed by atoms with E-state index in [1.165, 1.54) is 66.1 Å². The first-order chi connectivity index (χ1) is 24.8. The summed E-state index contributed by atoms with van der Waals surface area (Å²) >= 11 is 0. The third-order valence-corrected chi connectivity index (χ3v) is 11.2. The summed E-state index contributed by atoms with van der Waals surface area (Å²) in [4.78, 5) is 10.8. The first-order valence-electron chi connectivity index (χ1n) is 17.3. The number of pyridine rings is 2. The maximum atomic E-state index is 5.40. The third kappa shape index (κ3) is 3.37. The lowest BCUT2D eigenvalue weighted by molar-refractivity contribution is 1.41.